The summed E-state index contributed by atoms with van der Waals surface area (Å²) in [5.74, 6) is -0.279. The average Bonchev–Trinajstić information content (AvgIpc) is 2.82. The zero-order valence-corrected chi connectivity index (χ0v) is 23.7. The number of rotatable bonds is 10. The van der Waals surface area contributed by atoms with E-state index in [9.17, 15) is 18.3 Å². The third-order valence-corrected chi connectivity index (χ3v) is 7.79. The highest BCUT2D eigenvalue weighted by molar-refractivity contribution is 14.1. The normalized spacial score (nSPS) is 12.4. The molecule has 0 radical (unpaired) electrons. The van der Waals surface area contributed by atoms with Gasteiger partial charge < -0.3 is 9.84 Å². The van der Waals surface area contributed by atoms with E-state index in [0.717, 1.165) is 9.13 Å². The number of carbonyl (C=O) groups is 1. The molecular formula is C24H23I2N3O5S. The number of nitrogens with zero attached hydrogens (tertiary/aromatic N) is 1. The van der Waals surface area contributed by atoms with Crippen LogP contribution in [0.2, 0.25) is 0 Å². The van der Waals surface area contributed by atoms with Crippen molar-refractivity contribution in [1.82, 2.24) is 10.1 Å². The van der Waals surface area contributed by atoms with Gasteiger partial charge in [0.15, 0.2) is 11.5 Å². The lowest BCUT2D eigenvalue weighted by molar-refractivity contribution is -0.122. The molecule has 0 aliphatic carbocycles. The van der Waals surface area contributed by atoms with Crippen LogP contribution in [0.15, 0.2) is 76.7 Å². The van der Waals surface area contributed by atoms with Gasteiger partial charge >= 0.3 is 0 Å². The minimum absolute atomic E-state index is 0.0292. The second-order valence-corrected chi connectivity index (χ2v) is 11.5. The first-order valence-corrected chi connectivity index (χ1v) is 14.1. The van der Waals surface area contributed by atoms with Crippen LogP contribution < -0.4 is 14.9 Å². The molecule has 1 amide bonds. The maximum Gasteiger partial charge on any atom is 0.258 e. The van der Waals surface area contributed by atoms with Crippen LogP contribution in [0.3, 0.4) is 0 Å². The smallest absolute Gasteiger partial charge is 0.258 e. The van der Waals surface area contributed by atoms with Crippen LogP contribution >= 0.6 is 45.2 Å². The van der Waals surface area contributed by atoms with Crippen LogP contribution in [-0.2, 0) is 21.2 Å². The summed E-state index contributed by atoms with van der Waals surface area (Å²) in [4.78, 5) is 13.0. The van der Waals surface area contributed by atoms with Crippen LogP contribution in [0, 0.1) is 7.14 Å². The van der Waals surface area contributed by atoms with Gasteiger partial charge in [-0.15, -0.1) is 0 Å². The first-order valence-electron chi connectivity index (χ1n) is 10.5. The molecule has 0 aliphatic rings. The van der Waals surface area contributed by atoms with Gasteiger partial charge in [-0.2, -0.15) is 9.82 Å². The molecule has 0 saturated heterocycles. The number of sulfonamides is 1. The third-order valence-electron chi connectivity index (χ3n) is 4.76. The molecule has 8 nitrogen and oxygen atoms in total. The van der Waals surface area contributed by atoms with Crippen molar-refractivity contribution in [3.8, 4) is 11.5 Å². The van der Waals surface area contributed by atoms with E-state index in [2.05, 4.69) is 37.8 Å². The van der Waals surface area contributed by atoms with Gasteiger partial charge in [0, 0.05) is 3.57 Å². The minimum atomic E-state index is -3.95. The molecule has 11 heteroatoms. The Morgan fingerprint density at radius 2 is 1.80 bits per heavy atom. The lowest BCUT2D eigenvalue weighted by Crippen LogP contribution is -2.46. The van der Waals surface area contributed by atoms with E-state index in [1.807, 2.05) is 52.9 Å². The van der Waals surface area contributed by atoms with Crippen molar-refractivity contribution in [2.45, 2.75) is 24.3 Å². The van der Waals surface area contributed by atoms with Crippen molar-refractivity contribution >= 4 is 67.3 Å². The van der Waals surface area contributed by atoms with Gasteiger partial charge in [0.1, 0.15) is 6.04 Å². The summed E-state index contributed by atoms with van der Waals surface area (Å²) in [6, 6.07) is 17.6. The Hall–Kier alpha value is -2.23. The highest BCUT2D eigenvalue weighted by Gasteiger charge is 2.26. The second kappa shape index (κ2) is 12.6. The highest BCUT2D eigenvalue weighted by atomic mass is 127. The summed E-state index contributed by atoms with van der Waals surface area (Å²) in [6.45, 7) is 2.18. The summed E-state index contributed by atoms with van der Waals surface area (Å²) in [5.41, 5.74) is 3.80. The zero-order chi connectivity index (χ0) is 25.4. The second-order valence-electron chi connectivity index (χ2n) is 7.33. The van der Waals surface area contributed by atoms with Crippen molar-refractivity contribution in [1.29, 1.82) is 0 Å². The Morgan fingerprint density at radius 3 is 2.46 bits per heavy atom. The summed E-state index contributed by atoms with van der Waals surface area (Å²) in [7, 11) is -3.95. The first-order chi connectivity index (χ1) is 16.7. The number of phenols is 1. The maximum atomic E-state index is 13.0. The predicted octanol–water partition coefficient (Wildman–Crippen LogP) is 4.04. The molecule has 0 saturated carbocycles. The van der Waals surface area contributed by atoms with Crippen molar-refractivity contribution < 1.29 is 23.1 Å². The summed E-state index contributed by atoms with van der Waals surface area (Å²) < 4.78 is 35.3. The molecule has 0 aliphatic heterocycles. The number of benzene rings is 3. The van der Waals surface area contributed by atoms with Crippen LogP contribution in [0.1, 0.15) is 18.1 Å². The van der Waals surface area contributed by atoms with Crippen molar-refractivity contribution in [2.75, 3.05) is 6.61 Å². The van der Waals surface area contributed by atoms with E-state index >= 15 is 0 Å². The number of hydrogen-bond donors (Lipinski definition) is 3. The van der Waals surface area contributed by atoms with E-state index in [1.165, 1.54) is 18.3 Å². The maximum absolute atomic E-state index is 13.0. The topological polar surface area (TPSA) is 117 Å². The van der Waals surface area contributed by atoms with Gasteiger partial charge in [0.2, 0.25) is 10.0 Å². The number of phenolic OH excluding ortho intramolecular Hbond substituents is 1. The Balaban J connectivity index is 1.79. The molecule has 0 heterocycles. The van der Waals surface area contributed by atoms with Gasteiger partial charge in [-0.05, 0) is 106 Å². The molecule has 184 valence electrons. The van der Waals surface area contributed by atoms with E-state index in [-0.39, 0.29) is 17.1 Å². The predicted molar refractivity (Wildman–Crippen MR) is 151 cm³/mol. The fraction of sp³-hybridized carbons (Fsp3) is 0.167. The van der Waals surface area contributed by atoms with Gasteiger partial charge in [0.25, 0.3) is 5.91 Å². The molecule has 0 bridgehead atoms. The first kappa shape index (κ1) is 27.4. The largest absolute Gasteiger partial charge is 0.504 e. The molecule has 0 unspecified atom stereocenters. The van der Waals surface area contributed by atoms with Gasteiger partial charge in [-0.25, -0.2) is 13.8 Å². The lowest BCUT2D eigenvalue weighted by Gasteiger charge is -2.17. The van der Waals surface area contributed by atoms with E-state index in [4.69, 9.17) is 4.74 Å². The summed E-state index contributed by atoms with van der Waals surface area (Å²) in [6.07, 6.45) is 1.53. The molecule has 0 spiro atoms. The number of carbonyl (C=O) groups excluding carboxylic acids is 1. The zero-order valence-electron chi connectivity index (χ0n) is 18.6. The molecule has 3 aromatic carbocycles. The van der Waals surface area contributed by atoms with Gasteiger partial charge in [-0.1, -0.05) is 30.3 Å². The Kier molecular flexibility index (Phi) is 9.89. The Labute approximate surface area is 231 Å². The number of hydrazone groups is 1. The molecule has 35 heavy (non-hydrogen) atoms. The SMILES string of the molecule is CCOc1cc(/C=N\NC(=O)[C@H](Cc2ccccc2)NS(=O)(=O)c2ccc(I)cc2)cc(I)c1O. The molecule has 3 aromatic rings. The summed E-state index contributed by atoms with van der Waals surface area (Å²) >= 11 is 4.06. The monoisotopic (exact) mass is 719 g/mol. The van der Waals surface area contributed by atoms with Crippen molar-refractivity contribution in [2.24, 2.45) is 5.10 Å². The number of aromatic hydroxyl groups is 1. The molecule has 3 rings (SSSR count). The van der Waals surface area contributed by atoms with Gasteiger partial charge in [-0.3, -0.25) is 4.79 Å². The number of hydrogen-bond acceptors (Lipinski definition) is 6. The fourth-order valence-corrected chi connectivity index (χ4v) is 5.27. The van der Waals surface area contributed by atoms with E-state index in [1.54, 1.807) is 31.2 Å². The minimum Gasteiger partial charge on any atom is -0.504 e. The fourth-order valence-electron chi connectivity index (χ4n) is 3.09. The highest BCUT2D eigenvalue weighted by Crippen LogP contribution is 2.32. The summed E-state index contributed by atoms with van der Waals surface area (Å²) in [5, 5.41) is 14.1. The Bertz CT molecular complexity index is 1300. The van der Waals surface area contributed by atoms with Gasteiger partial charge in [0.05, 0.1) is 21.3 Å². The molecule has 3 N–H and O–H groups in total. The number of nitrogens with one attached hydrogen (secondary N) is 2. The molecule has 0 fully saturated rings. The van der Waals surface area contributed by atoms with Crippen molar-refractivity contribution in [3.63, 3.8) is 0 Å². The number of halogens is 2. The van der Waals surface area contributed by atoms with E-state index < -0.39 is 22.0 Å². The quantitative estimate of drug-likeness (QED) is 0.166. The molecule has 0 aromatic heterocycles. The van der Waals surface area contributed by atoms with Crippen LogP contribution in [0.5, 0.6) is 11.5 Å². The van der Waals surface area contributed by atoms with E-state index in [0.29, 0.717) is 21.5 Å². The van der Waals surface area contributed by atoms with Crippen LogP contribution in [-0.4, -0.2) is 38.3 Å². The molecular weight excluding hydrogens is 696 g/mol. The molecule has 1 atom stereocenters. The lowest BCUT2D eigenvalue weighted by atomic mass is 10.1. The van der Waals surface area contributed by atoms with Crippen LogP contribution in [0.25, 0.3) is 0 Å². The standard InChI is InChI=1S/C24H23I2N3O5S/c1-2-34-22-14-17(12-20(26)23(22)30)15-27-28-24(31)21(13-16-6-4-3-5-7-16)29-35(32,33)19-10-8-18(25)9-11-19/h3-12,14-15,21,29-30H,2,13H2,1H3,(H,28,31)/b27-15-/t21-/m0/s1. The Morgan fingerprint density at radius 1 is 1.11 bits per heavy atom. The van der Waals surface area contributed by atoms with Crippen LogP contribution in [0.4, 0.5) is 0 Å². The average molecular weight is 719 g/mol. The number of ether oxygens (including phenoxy) is 1. The number of amides is 1. The third kappa shape index (κ3) is 7.88. The van der Waals surface area contributed by atoms with Crippen molar-refractivity contribution in [3.05, 3.63) is 85.0 Å².